The molecule has 3 nitrogen and oxygen atoms in total. The van der Waals surface area contributed by atoms with E-state index < -0.39 is 12.8 Å². The molecule has 2 rings (SSSR count). The summed E-state index contributed by atoms with van der Waals surface area (Å²) in [5.74, 6) is -0.266. The second kappa shape index (κ2) is 7.70. The van der Waals surface area contributed by atoms with Crippen LogP contribution in [0.25, 0.3) is 0 Å². The van der Waals surface area contributed by atoms with Gasteiger partial charge in [-0.1, -0.05) is 29.8 Å². The van der Waals surface area contributed by atoms with Crippen LogP contribution in [0.2, 0.25) is 0 Å². The lowest BCUT2D eigenvalue weighted by Gasteiger charge is -2.13. The minimum Gasteiger partial charge on any atom is -0.367 e. The van der Waals surface area contributed by atoms with Gasteiger partial charge in [0.05, 0.1) is 6.61 Å². The summed E-state index contributed by atoms with van der Waals surface area (Å²) in [5.41, 5.74) is 4.85. The van der Waals surface area contributed by atoms with Gasteiger partial charge in [0.25, 0.3) is 5.91 Å². The smallest absolute Gasteiger partial charge is 0.367 e. The van der Waals surface area contributed by atoms with Gasteiger partial charge in [-0.05, 0) is 49.6 Å². The molecule has 134 valence electrons. The molecule has 0 aliphatic heterocycles. The van der Waals surface area contributed by atoms with Crippen LogP contribution in [0.3, 0.4) is 0 Å². The van der Waals surface area contributed by atoms with Gasteiger partial charge in [-0.25, -0.2) is 0 Å². The van der Waals surface area contributed by atoms with Gasteiger partial charge in [-0.3, -0.25) is 4.79 Å². The van der Waals surface area contributed by atoms with Gasteiger partial charge in [0, 0.05) is 11.3 Å². The highest BCUT2D eigenvalue weighted by Crippen LogP contribution is 2.23. The predicted octanol–water partition coefficient (Wildman–Crippen LogP) is 4.94. The van der Waals surface area contributed by atoms with Gasteiger partial charge in [-0.2, -0.15) is 13.2 Å². The number of amides is 1. The number of aryl methyl sites for hydroxylation is 3. The molecule has 0 saturated heterocycles. The van der Waals surface area contributed by atoms with E-state index in [4.69, 9.17) is 0 Å². The number of halogens is 3. The highest BCUT2D eigenvalue weighted by Gasteiger charge is 2.27. The van der Waals surface area contributed by atoms with Crippen molar-refractivity contribution in [2.45, 2.75) is 33.6 Å². The van der Waals surface area contributed by atoms with Gasteiger partial charge >= 0.3 is 6.18 Å². The van der Waals surface area contributed by atoms with Crippen molar-refractivity contribution in [3.63, 3.8) is 0 Å². The average molecular weight is 351 g/mol. The van der Waals surface area contributed by atoms with Crippen LogP contribution in [0.5, 0.6) is 0 Å². The van der Waals surface area contributed by atoms with Gasteiger partial charge in [0.2, 0.25) is 0 Å². The fourth-order valence-electron chi connectivity index (χ4n) is 2.60. The molecule has 0 radical (unpaired) electrons. The summed E-state index contributed by atoms with van der Waals surface area (Å²) in [7, 11) is 0. The van der Waals surface area contributed by atoms with E-state index in [0.717, 1.165) is 22.4 Å². The third-order valence-electron chi connectivity index (χ3n) is 3.67. The lowest BCUT2D eigenvalue weighted by atomic mass is 10.0. The quantitative estimate of drug-likeness (QED) is 0.828. The number of ether oxygens (including phenoxy) is 1. The van der Waals surface area contributed by atoms with E-state index in [1.54, 1.807) is 24.3 Å². The molecule has 0 atom stereocenters. The number of hydrogen-bond acceptors (Lipinski definition) is 2. The normalized spacial score (nSPS) is 11.4. The minimum absolute atomic E-state index is 0.155. The first-order valence-corrected chi connectivity index (χ1v) is 7.78. The Morgan fingerprint density at radius 1 is 1.04 bits per heavy atom. The first-order valence-electron chi connectivity index (χ1n) is 7.78. The summed E-state index contributed by atoms with van der Waals surface area (Å²) in [4.78, 5) is 12.4. The summed E-state index contributed by atoms with van der Waals surface area (Å²) in [5, 5.41) is 2.89. The Bertz CT molecular complexity index is 729. The van der Waals surface area contributed by atoms with Crippen LogP contribution in [0, 0.1) is 20.8 Å². The van der Waals surface area contributed by atoms with E-state index in [9.17, 15) is 18.0 Å². The maximum Gasteiger partial charge on any atom is 0.411 e. The van der Waals surface area contributed by atoms with Gasteiger partial charge in [-0.15, -0.1) is 0 Å². The van der Waals surface area contributed by atoms with Gasteiger partial charge in [0.15, 0.2) is 0 Å². The summed E-state index contributed by atoms with van der Waals surface area (Å²) in [6.07, 6.45) is -4.34. The fourth-order valence-corrected chi connectivity index (χ4v) is 2.60. The van der Waals surface area contributed by atoms with E-state index in [1.807, 2.05) is 32.9 Å². The molecule has 0 saturated carbocycles. The van der Waals surface area contributed by atoms with E-state index >= 15 is 0 Å². The number of nitrogens with one attached hydrogen (secondary N) is 1. The Morgan fingerprint density at radius 3 is 2.12 bits per heavy atom. The standard InChI is InChI=1S/C19H20F3NO2/c1-12-8-13(2)17(14(3)9-12)23-18(24)16-6-4-15(5-7-16)10-25-11-19(20,21)22/h4-9H,10-11H2,1-3H3,(H,23,24). The second-order valence-corrected chi connectivity index (χ2v) is 6.03. The van der Waals surface area contributed by atoms with Crippen molar-refractivity contribution in [1.82, 2.24) is 0 Å². The van der Waals surface area contributed by atoms with Crippen molar-refractivity contribution >= 4 is 11.6 Å². The molecule has 0 unspecified atom stereocenters. The molecule has 0 spiro atoms. The molecule has 2 aromatic carbocycles. The predicted molar refractivity (Wildman–Crippen MR) is 90.8 cm³/mol. The summed E-state index contributed by atoms with van der Waals surface area (Å²) in [6.45, 7) is 4.40. The maximum absolute atomic E-state index is 12.4. The zero-order valence-electron chi connectivity index (χ0n) is 14.3. The molecule has 1 amide bonds. The minimum atomic E-state index is -4.34. The van der Waals surface area contributed by atoms with E-state index in [1.165, 1.54) is 0 Å². The number of anilines is 1. The topological polar surface area (TPSA) is 38.3 Å². The Labute approximate surface area is 144 Å². The van der Waals surface area contributed by atoms with Crippen LogP contribution in [0.4, 0.5) is 18.9 Å². The molecular weight excluding hydrogens is 331 g/mol. The Morgan fingerprint density at radius 2 is 1.60 bits per heavy atom. The highest BCUT2D eigenvalue weighted by molar-refractivity contribution is 6.05. The Kier molecular flexibility index (Phi) is 5.85. The summed E-state index contributed by atoms with van der Waals surface area (Å²) < 4.78 is 40.7. The average Bonchev–Trinajstić information content (AvgIpc) is 2.50. The van der Waals surface area contributed by atoms with Crippen molar-refractivity contribution < 1.29 is 22.7 Å². The van der Waals surface area contributed by atoms with Crippen LogP contribution in [0.1, 0.15) is 32.6 Å². The van der Waals surface area contributed by atoms with E-state index in [2.05, 4.69) is 10.1 Å². The maximum atomic E-state index is 12.4. The highest BCUT2D eigenvalue weighted by atomic mass is 19.4. The Hall–Kier alpha value is -2.34. The number of benzene rings is 2. The van der Waals surface area contributed by atoms with Crippen LogP contribution in [0.15, 0.2) is 36.4 Å². The van der Waals surface area contributed by atoms with Gasteiger partial charge < -0.3 is 10.1 Å². The van der Waals surface area contributed by atoms with Gasteiger partial charge in [0.1, 0.15) is 6.61 Å². The number of hydrogen-bond donors (Lipinski definition) is 1. The molecule has 0 fully saturated rings. The zero-order valence-corrected chi connectivity index (χ0v) is 14.3. The van der Waals surface area contributed by atoms with E-state index in [0.29, 0.717) is 11.1 Å². The number of alkyl halides is 3. The monoisotopic (exact) mass is 351 g/mol. The molecule has 0 aliphatic carbocycles. The third kappa shape index (κ3) is 5.60. The molecule has 6 heteroatoms. The van der Waals surface area contributed by atoms with Crippen molar-refractivity contribution in [1.29, 1.82) is 0 Å². The fraction of sp³-hybridized carbons (Fsp3) is 0.316. The molecule has 1 N–H and O–H groups in total. The first kappa shape index (κ1) is 19.0. The number of carbonyl (C=O) groups excluding carboxylic acids is 1. The zero-order chi connectivity index (χ0) is 18.6. The molecule has 0 bridgehead atoms. The summed E-state index contributed by atoms with van der Waals surface area (Å²) >= 11 is 0. The lowest BCUT2D eigenvalue weighted by Crippen LogP contribution is -2.17. The molecule has 2 aromatic rings. The van der Waals surface area contributed by atoms with Crippen LogP contribution in [-0.4, -0.2) is 18.7 Å². The number of rotatable bonds is 5. The van der Waals surface area contributed by atoms with E-state index in [-0.39, 0.29) is 12.5 Å². The van der Waals surface area contributed by atoms with Crippen molar-refractivity contribution in [2.24, 2.45) is 0 Å². The largest absolute Gasteiger partial charge is 0.411 e. The molecule has 25 heavy (non-hydrogen) atoms. The first-order chi connectivity index (χ1) is 11.7. The molecule has 0 heterocycles. The van der Waals surface area contributed by atoms with Crippen LogP contribution >= 0.6 is 0 Å². The molecule has 0 aliphatic rings. The Balaban J connectivity index is 2.01. The molecule has 0 aromatic heterocycles. The lowest BCUT2D eigenvalue weighted by molar-refractivity contribution is -0.176. The van der Waals surface area contributed by atoms with Crippen LogP contribution in [-0.2, 0) is 11.3 Å². The SMILES string of the molecule is Cc1cc(C)c(NC(=O)c2ccc(COCC(F)(F)F)cc2)c(C)c1. The molecular formula is C19H20F3NO2. The third-order valence-corrected chi connectivity index (χ3v) is 3.67. The summed E-state index contributed by atoms with van der Waals surface area (Å²) in [6, 6.07) is 10.3. The van der Waals surface area contributed by atoms with Crippen molar-refractivity contribution in [2.75, 3.05) is 11.9 Å². The van der Waals surface area contributed by atoms with Crippen molar-refractivity contribution in [3.8, 4) is 0 Å². The second-order valence-electron chi connectivity index (χ2n) is 6.03. The van der Waals surface area contributed by atoms with Crippen LogP contribution < -0.4 is 5.32 Å². The number of carbonyl (C=O) groups is 1. The van der Waals surface area contributed by atoms with Crippen molar-refractivity contribution in [3.05, 3.63) is 64.2 Å².